The Morgan fingerprint density at radius 2 is 1.83 bits per heavy atom. The number of carbonyl (C=O) groups is 2. The Labute approximate surface area is 305 Å². The Morgan fingerprint density at radius 1 is 1.06 bits per heavy atom. The lowest BCUT2D eigenvalue weighted by atomic mass is 10.00. The van der Waals surface area contributed by atoms with Crippen LogP contribution in [0.2, 0.25) is 0 Å². The fourth-order valence-corrected chi connectivity index (χ4v) is 6.23. The second-order valence-electron chi connectivity index (χ2n) is 13.4. The van der Waals surface area contributed by atoms with Crippen molar-refractivity contribution in [2.75, 3.05) is 44.1 Å². The van der Waals surface area contributed by atoms with Gasteiger partial charge < -0.3 is 29.7 Å². The normalized spacial score (nSPS) is 15.0. The number of nitrogens with one attached hydrogen (secondary N) is 2. The number of ether oxygens (including phenoxy) is 3. The largest absolute Gasteiger partial charge is 0.493 e. The molecule has 0 radical (unpaired) electrons. The van der Waals surface area contributed by atoms with Crippen molar-refractivity contribution in [1.29, 1.82) is 0 Å². The summed E-state index contributed by atoms with van der Waals surface area (Å²) in [6.45, 7) is 10.2. The van der Waals surface area contributed by atoms with Crippen LogP contribution in [-0.2, 0) is 11.2 Å². The van der Waals surface area contributed by atoms with E-state index in [4.69, 9.17) is 14.2 Å². The molecule has 0 bridgehead atoms. The first-order valence-corrected chi connectivity index (χ1v) is 17.8. The Bertz CT molecular complexity index is 1840. The molecule has 2 N–H and O–H groups in total. The summed E-state index contributed by atoms with van der Waals surface area (Å²) in [5.74, 6) is 0.963. The van der Waals surface area contributed by atoms with E-state index in [9.17, 15) is 9.59 Å². The van der Waals surface area contributed by atoms with Crippen molar-refractivity contribution in [2.24, 2.45) is 5.92 Å². The number of methoxy groups -OCH3 is 1. The van der Waals surface area contributed by atoms with Crippen LogP contribution >= 0.6 is 0 Å². The number of hydrogen-bond donors (Lipinski definition) is 2. The summed E-state index contributed by atoms with van der Waals surface area (Å²) in [6, 6.07) is 17.3. The maximum Gasteiger partial charge on any atom is 0.425 e. The average molecular weight is 713 g/mol. The second-order valence-corrected chi connectivity index (χ2v) is 13.4. The molecule has 11 nitrogen and oxygen atoms in total. The maximum atomic E-state index is 15.1. The quantitative estimate of drug-likeness (QED) is 0.135. The zero-order chi connectivity index (χ0) is 37.2. The van der Waals surface area contributed by atoms with Crippen molar-refractivity contribution < 1.29 is 28.2 Å². The summed E-state index contributed by atoms with van der Waals surface area (Å²) in [5, 5.41) is 6.03. The topological polar surface area (TPSA) is 118 Å². The number of aromatic nitrogens is 2. The smallest absolute Gasteiger partial charge is 0.425 e. The van der Waals surface area contributed by atoms with Gasteiger partial charge in [0, 0.05) is 48.9 Å². The van der Waals surface area contributed by atoms with E-state index in [1.807, 2.05) is 52.0 Å². The standard InChI is InChI=1S/C40H49FN6O5/c1-7-28(4)43-37(48)18-14-29-13-16-34(35(22-29)50-6)52-40(49)47(38-26(2)10-8-11-27(38)3)36-19-20-42-39(45-36)44-31-15-17-33(32(41)23-31)51-25-30-12-9-21-46(5)24-30/h8,10-11,13,15-17,19-20,22-23,28,30H,7,9,12,14,18,21,24-25H2,1-6H3,(H,43,48)(H,42,44,45). The van der Waals surface area contributed by atoms with Gasteiger partial charge in [0.25, 0.3) is 0 Å². The summed E-state index contributed by atoms with van der Waals surface area (Å²) in [7, 11) is 3.58. The molecule has 0 saturated carbocycles. The van der Waals surface area contributed by atoms with Gasteiger partial charge in [-0.1, -0.05) is 31.2 Å². The van der Waals surface area contributed by atoms with Crippen molar-refractivity contribution in [2.45, 2.75) is 65.8 Å². The number of piperidine rings is 1. The fourth-order valence-electron chi connectivity index (χ4n) is 6.23. The summed E-state index contributed by atoms with van der Waals surface area (Å²) >= 11 is 0. The van der Waals surface area contributed by atoms with E-state index in [0.29, 0.717) is 42.5 Å². The van der Waals surface area contributed by atoms with Gasteiger partial charge in [-0.25, -0.2) is 19.1 Å². The molecule has 1 aliphatic rings. The third-order valence-corrected chi connectivity index (χ3v) is 9.19. The molecule has 2 heterocycles. The number of aryl methyl sites for hydroxylation is 3. The number of likely N-dealkylation sites (tertiary alicyclic amines) is 1. The molecule has 12 heteroatoms. The number of carbonyl (C=O) groups excluding carboxylic acids is 2. The molecule has 4 aromatic rings. The number of anilines is 4. The van der Waals surface area contributed by atoms with Gasteiger partial charge in [-0.15, -0.1) is 0 Å². The van der Waals surface area contributed by atoms with Crippen LogP contribution in [0.3, 0.4) is 0 Å². The number of para-hydroxylation sites is 1. The van der Waals surface area contributed by atoms with Crippen molar-refractivity contribution in [3.8, 4) is 17.2 Å². The van der Waals surface area contributed by atoms with E-state index in [0.717, 1.165) is 49.0 Å². The predicted octanol–water partition coefficient (Wildman–Crippen LogP) is 7.89. The van der Waals surface area contributed by atoms with Gasteiger partial charge in [-0.2, -0.15) is 4.98 Å². The molecule has 1 aromatic heterocycles. The van der Waals surface area contributed by atoms with Gasteiger partial charge in [-0.3, -0.25) is 4.79 Å². The first kappa shape index (κ1) is 38.0. The molecule has 52 heavy (non-hydrogen) atoms. The Kier molecular flexibility index (Phi) is 13.0. The fraction of sp³-hybridized carbons (Fsp3) is 0.400. The van der Waals surface area contributed by atoms with E-state index in [1.165, 1.54) is 24.3 Å². The van der Waals surface area contributed by atoms with Crippen LogP contribution in [0.4, 0.5) is 32.3 Å². The molecule has 0 aliphatic carbocycles. The minimum Gasteiger partial charge on any atom is -0.493 e. The van der Waals surface area contributed by atoms with Crippen LogP contribution in [-0.4, -0.2) is 66.8 Å². The van der Waals surface area contributed by atoms with Gasteiger partial charge in [0.05, 0.1) is 19.4 Å². The highest BCUT2D eigenvalue weighted by Gasteiger charge is 2.27. The molecule has 2 atom stereocenters. The lowest BCUT2D eigenvalue weighted by molar-refractivity contribution is -0.121. The van der Waals surface area contributed by atoms with E-state index in [1.54, 1.807) is 30.3 Å². The van der Waals surface area contributed by atoms with Crippen LogP contribution in [0, 0.1) is 25.6 Å². The zero-order valence-corrected chi connectivity index (χ0v) is 30.9. The third-order valence-electron chi connectivity index (χ3n) is 9.19. The van der Waals surface area contributed by atoms with Crippen LogP contribution in [0.1, 0.15) is 56.2 Å². The number of hydrogen-bond acceptors (Lipinski definition) is 9. The molecule has 3 aromatic carbocycles. The number of halogens is 1. The van der Waals surface area contributed by atoms with Gasteiger partial charge in [0.1, 0.15) is 5.82 Å². The molecule has 2 amide bonds. The number of amides is 2. The van der Waals surface area contributed by atoms with Crippen LogP contribution < -0.4 is 29.7 Å². The van der Waals surface area contributed by atoms with Crippen LogP contribution in [0.5, 0.6) is 17.2 Å². The number of benzene rings is 3. The Hall–Kier alpha value is -5.23. The van der Waals surface area contributed by atoms with Crippen molar-refractivity contribution in [3.63, 3.8) is 0 Å². The molecule has 0 spiro atoms. The molecule has 1 saturated heterocycles. The highest BCUT2D eigenvalue weighted by molar-refractivity contribution is 5.98. The number of nitrogens with zero attached hydrogens (tertiary/aromatic N) is 4. The van der Waals surface area contributed by atoms with Crippen molar-refractivity contribution in [3.05, 3.63) is 89.4 Å². The van der Waals surface area contributed by atoms with Crippen molar-refractivity contribution >= 4 is 35.1 Å². The molecule has 2 unspecified atom stereocenters. The van der Waals surface area contributed by atoms with E-state index >= 15 is 4.39 Å². The summed E-state index contributed by atoms with van der Waals surface area (Å²) < 4.78 is 32.5. The molecule has 276 valence electrons. The van der Waals surface area contributed by atoms with Crippen molar-refractivity contribution in [1.82, 2.24) is 20.2 Å². The zero-order valence-electron chi connectivity index (χ0n) is 30.9. The maximum absolute atomic E-state index is 15.1. The lowest BCUT2D eigenvalue weighted by Crippen LogP contribution is -2.34. The van der Waals surface area contributed by atoms with E-state index in [2.05, 4.69) is 32.5 Å². The highest BCUT2D eigenvalue weighted by atomic mass is 19.1. The Balaban J connectivity index is 1.34. The second kappa shape index (κ2) is 17.8. The van der Waals surface area contributed by atoms with E-state index < -0.39 is 11.9 Å². The first-order valence-electron chi connectivity index (χ1n) is 17.8. The van der Waals surface area contributed by atoms with E-state index in [-0.39, 0.29) is 35.2 Å². The first-order chi connectivity index (χ1) is 25.0. The average Bonchev–Trinajstić information content (AvgIpc) is 3.12. The molecular formula is C40H49FN6O5. The number of rotatable bonds is 14. The third kappa shape index (κ3) is 9.97. The van der Waals surface area contributed by atoms with Crippen LogP contribution in [0.15, 0.2) is 66.9 Å². The SMILES string of the molecule is CCC(C)NC(=O)CCc1ccc(OC(=O)N(c2ccnc(Nc3ccc(OCC4CCCN(C)C4)c(F)c3)n2)c2c(C)cccc2C)c(OC)c1. The minimum atomic E-state index is -0.724. The molecule has 1 fully saturated rings. The molecule has 5 rings (SSSR count). The molecule has 1 aliphatic heterocycles. The van der Waals surface area contributed by atoms with Gasteiger partial charge >= 0.3 is 6.09 Å². The van der Waals surface area contributed by atoms with Crippen LogP contribution in [0.25, 0.3) is 0 Å². The van der Waals surface area contributed by atoms with Gasteiger partial charge in [-0.05, 0) is 101 Å². The summed E-state index contributed by atoms with van der Waals surface area (Å²) in [4.78, 5) is 39.1. The highest BCUT2D eigenvalue weighted by Crippen LogP contribution is 2.35. The monoisotopic (exact) mass is 712 g/mol. The van der Waals surface area contributed by atoms with Gasteiger partial charge in [0.2, 0.25) is 11.9 Å². The summed E-state index contributed by atoms with van der Waals surface area (Å²) in [6.07, 6.45) is 4.63. The predicted molar refractivity (Wildman–Crippen MR) is 201 cm³/mol. The molecular weight excluding hydrogens is 663 g/mol. The van der Waals surface area contributed by atoms with Gasteiger partial charge in [0.15, 0.2) is 23.1 Å². The Morgan fingerprint density at radius 3 is 2.54 bits per heavy atom. The summed E-state index contributed by atoms with van der Waals surface area (Å²) in [5.41, 5.74) is 3.52. The lowest BCUT2D eigenvalue weighted by Gasteiger charge is -2.29. The minimum absolute atomic E-state index is 0.0267.